The van der Waals surface area contributed by atoms with Crippen molar-refractivity contribution in [1.29, 1.82) is 0 Å². The Bertz CT molecular complexity index is 634. The van der Waals surface area contributed by atoms with Crippen LogP contribution in [0.1, 0.15) is 24.5 Å². The fourth-order valence-electron chi connectivity index (χ4n) is 1.75. The van der Waals surface area contributed by atoms with Gasteiger partial charge in [-0.1, -0.05) is 37.0 Å². The SMILES string of the molecule is C=C/C=C\C(=C/C)CNCc1nc(CS/C(=C\C)C(=O)NO)cs1. The molecule has 5 nitrogen and oxygen atoms in total. The maximum atomic E-state index is 11.4. The Labute approximate surface area is 151 Å². The third-order valence-electron chi connectivity index (χ3n) is 2.98. The number of nitrogens with zero attached hydrogens (tertiary/aromatic N) is 1. The molecule has 0 unspecified atom stereocenters. The van der Waals surface area contributed by atoms with E-state index in [-0.39, 0.29) is 0 Å². The largest absolute Gasteiger partial charge is 0.306 e. The van der Waals surface area contributed by atoms with Crippen molar-refractivity contribution in [3.8, 4) is 0 Å². The molecule has 0 aromatic carbocycles. The number of aromatic nitrogens is 1. The number of amides is 1. The Morgan fingerprint density at radius 2 is 2.25 bits per heavy atom. The Morgan fingerprint density at radius 1 is 1.46 bits per heavy atom. The summed E-state index contributed by atoms with van der Waals surface area (Å²) in [4.78, 5) is 16.4. The van der Waals surface area contributed by atoms with Crippen molar-refractivity contribution in [2.45, 2.75) is 26.1 Å². The minimum atomic E-state index is -0.494. The highest BCUT2D eigenvalue weighted by Crippen LogP contribution is 2.22. The van der Waals surface area contributed by atoms with E-state index < -0.39 is 5.91 Å². The number of nitrogens with one attached hydrogen (secondary N) is 2. The van der Waals surface area contributed by atoms with Crippen LogP contribution in [0.15, 0.2) is 52.8 Å². The molecule has 24 heavy (non-hydrogen) atoms. The number of thiazole rings is 1. The fourth-order valence-corrected chi connectivity index (χ4v) is 3.41. The van der Waals surface area contributed by atoms with Crippen molar-refractivity contribution in [3.63, 3.8) is 0 Å². The Kier molecular flexibility index (Phi) is 10.0. The lowest BCUT2D eigenvalue weighted by molar-refractivity contribution is -0.124. The number of carbonyl (C=O) groups excluding carboxylic acids is 1. The van der Waals surface area contributed by atoms with Gasteiger partial charge in [-0.15, -0.1) is 23.1 Å². The van der Waals surface area contributed by atoms with Crippen LogP contribution >= 0.6 is 23.1 Å². The molecule has 0 atom stereocenters. The maximum absolute atomic E-state index is 11.4. The van der Waals surface area contributed by atoms with E-state index in [1.165, 1.54) is 17.3 Å². The van der Waals surface area contributed by atoms with E-state index >= 15 is 0 Å². The molecule has 0 saturated heterocycles. The number of rotatable bonds is 10. The fraction of sp³-hybridized carbons (Fsp3) is 0.294. The molecule has 130 valence electrons. The topological polar surface area (TPSA) is 74.2 Å². The van der Waals surface area contributed by atoms with Crippen LogP contribution in [0.25, 0.3) is 0 Å². The van der Waals surface area contributed by atoms with Gasteiger partial charge in [-0.05, 0) is 19.4 Å². The Morgan fingerprint density at radius 3 is 2.88 bits per heavy atom. The lowest BCUT2D eigenvalue weighted by atomic mass is 10.2. The predicted octanol–water partition coefficient (Wildman–Crippen LogP) is 3.56. The molecule has 1 heterocycles. The van der Waals surface area contributed by atoms with Crippen LogP contribution in [0, 0.1) is 0 Å². The Hall–Kier alpha value is -1.67. The minimum absolute atomic E-state index is 0.469. The third-order valence-corrected chi connectivity index (χ3v) is 5.05. The molecule has 0 aliphatic heterocycles. The predicted molar refractivity (Wildman–Crippen MR) is 102 cm³/mol. The summed E-state index contributed by atoms with van der Waals surface area (Å²) < 4.78 is 0. The first-order valence-corrected chi connectivity index (χ1v) is 9.32. The highest BCUT2D eigenvalue weighted by molar-refractivity contribution is 8.03. The normalized spacial score (nSPS) is 12.6. The van der Waals surface area contributed by atoms with Gasteiger partial charge in [0.1, 0.15) is 5.01 Å². The summed E-state index contributed by atoms with van der Waals surface area (Å²) >= 11 is 2.94. The molecule has 0 saturated carbocycles. The van der Waals surface area contributed by atoms with Gasteiger partial charge in [0.2, 0.25) is 0 Å². The van der Waals surface area contributed by atoms with E-state index in [1.54, 1.807) is 35.9 Å². The summed E-state index contributed by atoms with van der Waals surface area (Å²) in [6.45, 7) is 8.89. The van der Waals surface area contributed by atoms with Gasteiger partial charge in [-0.2, -0.15) is 0 Å². The minimum Gasteiger partial charge on any atom is -0.306 e. The van der Waals surface area contributed by atoms with Crippen LogP contribution in [0.3, 0.4) is 0 Å². The van der Waals surface area contributed by atoms with Gasteiger partial charge in [-0.3, -0.25) is 10.0 Å². The standard InChI is InChI=1S/C17H23N3O2S2/c1-4-7-8-13(5-2)9-18-10-16-19-14(12-24-16)11-23-15(6-3)17(21)20-22/h4-8,12,18,22H,1,9-11H2,2-3H3,(H,20,21)/b8-7-,13-5+,15-6-. The quantitative estimate of drug-likeness (QED) is 0.256. The van der Waals surface area contributed by atoms with Crippen molar-refractivity contribution >= 4 is 29.0 Å². The van der Waals surface area contributed by atoms with Gasteiger partial charge in [0.05, 0.1) is 10.6 Å². The van der Waals surface area contributed by atoms with Crippen molar-refractivity contribution < 1.29 is 10.0 Å². The average molecular weight is 366 g/mol. The summed E-state index contributed by atoms with van der Waals surface area (Å²) in [5, 5.41) is 15.0. The Balaban J connectivity index is 2.45. The third kappa shape index (κ3) is 7.27. The summed E-state index contributed by atoms with van der Waals surface area (Å²) in [5.74, 6) is 0.0947. The molecule has 0 aliphatic carbocycles. The van der Waals surface area contributed by atoms with Crippen molar-refractivity contribution in [3.05, 3.63) is 63.5 Å². The van der Waals surface area contributed by atoms with Gasteiger partial charge in [0.25, 0.3) is 5.91 Å². The number of hydrogen-bond acceptors (Lipinski definition) is 6. The summed E-state index contributed by atoms with van der Waals surface area (Å²) in [5.41, 5.74) is 3.75. The zero-order valence-electron chi connectivity index (χ0n) is 13.9. The zero-order valence-corrected chi connectivity index (χ0v) is 15.5. The van der Waals surface area contributed by atoms with Gasteiger partial charge >= 0.3 is 0 Å². The summed E-state index contributed by atoms with van der Waals surface area (Å²) in [6, 6.07) is 0. The van der Waals surface area contributed by atoms with Gasteiger partial charge in [-0.25, -0.2) is 10.5 Å². The second-order valence-corrected chi connectivity index (χ2v) is 6.64. The highest BCUT2D eigenvalue weighted by Gasteiger charge is 2.09. The van der Waals surface area contributed by atoms with Crippen LogP contribution in [-0.4, -0.2) is 22.6 Å². The highest BCUT2D eigenvalue weighted by atomic mass is 32.2. The summed E-state index contributed by atoms with van der Waals surface area (Å²) in [7, 11) is 0. The first-order valence-electron chi connectivity index (χ1n) is 7.46. The molecule has 0 radical (unpaired) electrons. The molecule has 0 bridgehead atoms. The number of carbonyl (C=O) groups is 1. The van der Waals surface area contributed by atoms with Gasteiger partial charge in [0.15, 0.2) is 0 Å². The number of allylic oxidation sites excluding steroid dienone is 4. The molecule has 7 heteroatoms. The van der Waals surface area contributed by atoms with E-state index in [4.69, 9.17) is 5.21 Å². The molecule has 0 fully saturated rings. The molecule has 0 aliphatic rings. The van der Waals surface area contributed by atoms with Crippen molar-refractivity contribution in [1.82, 2.24) is 15.8 Å². The van der Waals surface area contributed by atoms with E-state index in [2.05, 4.69) is 23.0 Å². The molecular weight excluding hydrogens is 342 g/mol. The van der Waals surface area contributed by atoms with Crippen molar-refractivity contribution in [2.24, 2.45) is 0 Å². The van der Waals surface area contributed by atoms with E-state index in [9.17, 15) is 4.79 Å². The number of hydrogen-bond donors (Lipinski definition) is 3. The van der Waals surface area contributed by atoms with Crippen LogP contribution in [0.2, 0.25) is 0 Å². The summed E-state index contributed by atoms with van der Waals surface area (Å²) in [6.07, 6.45) is 9.42. The van der Waals surface area contributed by atoms with Crippen molar-refractivity contribution in [2.75, 3.05) is 6.54 Å². The monoisotopic (exact) mass is 365 g/mol. The maximum Gasteiger partial charge on any atom is 0.280 e. The molecule has 1 aromatic rings. The molecular formula is C17H23N3O2S2. The van der Waals surface area contributed by atoms with Gasteiger partial charge in [0, 0.05) is 24.2 Å². The first kappa shape index (κ1) is 20.4. The van der Waals surface area contributed by atoms with E-state index in [0.717, 1.165) is 17.2 Å². The smallest absolute Gasteiger partial charge is 0.280 e. The lowest BCUT2D eigenvalue weighted by Gasteiger charge is -2.03. The second kappa shape index (κ2) is 11.8. The molecule has 1 rings (SSSR count). The molecule has 1 aromatic heterocycles. The number of hydroxylamine groups is 1. The van der Waals surface area contributed by atoms with Crippen LogP contribution in [0.4, 0.5) is 0 Å². The zero-order chi connectivity index (χ0) is 17.8. The van der Waals surface area contributed by atoms with Crippen LogP contribution in [-0.2, 0) is 17.1 Å². The van der Waals surface area contributed by atoms with E-state index in [1.807, 2.05) is 24.5 Å². The molecule has 0 spiro atoms. The second-order valence-electron chi connectivity index (χ2n) is 4.68. The molecule has 3 N–H and O–H groups in total. The first-order chi connectivity index (χ1) is 11.6. The van der Waals surface area contributed by atoms with E-state index in [0.29, 0.717) is 17.2 Å². The molecule has 1 amide bonds. The van der Waals surface area contributed by atoms with Gasteiger partial charge < -0.3 is 5.32 Å². The van der Waals surface area contributed by atoms with Crippen LogP contribution in [0.5, 0.6) is 0 Å². The van der Waals surface area contributed by atoms with Crippen LogP contribution < -0.4 is 10.8 Å². The average Bonchev–Trinajstić information content (AvgIpc) is 3.05. The lowest BCUT2D eigenvalue weighted by Crippen LogP contribution is -2.19. The number of thioether (sulfide) groups is 1.